The highest BCUT2D eigenvalue weighted by Gasteiger charge is 2.09. The lowest BCUT2D eigenvalue weighted by Crippen LogP contribution is -1.87. The van der Waals surface area contributed by atoms with Crippen molar-refractivity contribution in [1.82, 2.24) is 4.98 Å². The van der Waals surface area contributed by atoms with Gasteiger partial charge in [-0.05, 0) is 68.8 Å². The molecule has 5 aromatic carbocycles. The van der Waals surface area contributed by atoms with Gasteiger partial charge in [0, 0.05) is 11.8 Å². The zero-order chi connectivity index (χ0) is 24.2. The van der Waals surface area contributed by atoms with Crippen molar-refractivity contribution >= 4 is 0 Å². The lowest BCUT2D eigenvalue weighted by molar-refractivity contribution is 1.33. The van der Waals surface area contributed by atoms with Gasteiger partial charge in [-0.2, -0.15) is 0 Å². The number of aromatic nitrogens is 1. The van der Waals surface area contributed by atoms with Crippen molar-refractivity contribution in [1.29, 1.82) is 0 Å². The molecule has 0 aliphatic heterocycles. The Hall–Kier alpha value is -4.75. The summed E-state index contributed by atoms with van der Waals surface area (Å²) < 4.78 is 0. The number of rotatable bonds is 5. The highest BCUT2D eigenvalue weighted by atomic mass is 14.7. The molecule has 1 heterocycles. The Bertz CT molecular complexity index is 1600. The molecule has 170 valence electrons. The first-order chi connectivity index (χ1) is 17.8. The second kappa shape index (κ2) is 9.85. The third kappa shape index (κ3) is 4.47. The number of benzene rings is 5. The number of hydrogen-bond acceptors (Lipinski definition) is 1. The van der Waals surface area contributed by atoms with Crippen LogP contribution in [-0.4, -0.2) is 4.98 Å². The van der Waals surface area contributed by atoms with E-state index in [1.165, 1.54) is 44.5 Å². The van der Waals surface area contributed by atoms with Gasteiger partial charge in [-0.15, -0.1) is 0 Å². The first kappa shape index (κ1) is 21.8. The molecule has 0 bridgehead atoms. The van der Waals surface area contributed by atoms with Crippen LogP contribution in [0.5, 0.6) is 0 Å². The molecule has 0 amide bonds. The van der Waals surface area contributed by atoms with Crippen LogP contribution in [-0.2, 0) is 0 Å². The van der Waals surface area contributed by atoms with E-state index in [1.807, 2.05) is 24.4 Å². The fraction of sp³-hybridized carbons (Fsp3) is 0. The van der Waals surface area contributed by atoms with E-state index in [1.54, 1.807) is 0 Å². The van der Waals surface area contributed by atoms with Gasteiger partial charge < -0.3 is 0 Å². The van der Waals surface area contributed by atoms with Crippen LogP contribution in [0, 0.1) is 0 Å². The zero-order valence-corrected chi connectivity index (χ0v) is 19.9. The van der Waals surface area contributed by atoms with E-state index in [2.05, 4.69) is 132 Å². The molecule has 0 radical (unpaired) electrons. The van der Waals surface area contributed by atoms with Gasteiger partial charge >= 0.3 is 0 Å². The third-order valence-corrected chi connectivity index (χ3v) is 6.56. The summed E-state index contributed by atoms with van der Waals surface area (Å²) in [7, 11) is 0. The van der Waals surface area contributed by atoms with Crippen molar-refractivity contribution < 1.29 is 0 Å². The number of hydrogen-bond donors (Lipinski definition) is 0. The Morgan fingerprint density at radius 3 is 1.47 bits per heavy atom. The van der Waals surface area contributed by atoms with E-state index >= 15 is 0 Å². The zero-order valence-electron chi connectivity index (χ0n) is 19.9. The maximum absolute atomic E-state index is 4.46. The Labute approximate surface area is 212 Å². The normalized spacial score (nSPS) is 10.8. The highest BCUT2D eigenvalue weighted by molar-refractivity contribution is 5.85. The molecule has 1 nitrogen and oxygen atoms in total. The fourth-order valence-electron chi connectivity index (χ4n) is 4.72. The summed E-state index contributed by atoms with van der Waals surface area (Å²) in [5, 5.41) is 0. The molecule has 36 heavy (non-hydrogen) atoms. The summed E-state index contributed by atoms with van der Waals surface area (Å²) in [6.45, 7) is 0. The van der Waals surface area contributed by atoms with Gasteiger partial charge in [0.25, 0.3) is 0 Å². The summed E-state index contributed by atoms with van der Waals surface area (Å²) in [4.78, 5) is 4.46. The van der Waals surface area contributed by atoms with Crippen LogP contribution in [0.2, 0.25) is 0 Å². The first-order valence-electron chi connectivity index (χ1n) is 12.2. The van der Waals surface area contributed by atoms with Crippen molar-refractivity contribution in [2.45, 2.75) is 0 Å². The molecule has 6 aromatic rings. The summed E-state index contributed by atoms with van der Waals surface area (Å²) >= 11 is 0. The van der Waals surface area contributed by atoms with Crippen molar-refractivity contribution in [3.8, 4) is 55.8 Å². The van der Waals surface area contributed by atoms with Crippen molar-refractivity contribution in [2.75, 3.05) is 0 Å². The Morgan fingerprint density at radius 2 is 0.806 bits per heavy atom. The minimum atomic E-state index is 0.991. The van der Waals surface area contributed by atoms with Gasteiger partial charge in [0.05, 0.1) is 5.69 Å². The van der Waals surface area contributed by atoms with E-state index in [0.717, 1.165) is 11.3 Å². The van der Waals surface area contributed by atoms with Crippen LogP contribution in [0.25, 0.3) is 55.8 Å². The molecule has 1 aromatic heterocycles. The van der Waals surface area contributed by atoms with Crippen molar-refractivity contribution in [2.24, 2.45) is 0 Å². The van der Waals surface area contributed by atoms with Crippen LogP contribution in [0.1, 0.15) is 0 Å². The second-order valence-corrected chi connectivity index (χ2v) is 8.87. The molecule has 0 atom stereocenters. The predicted molar refractivity (Wildman–Crippen MR) is 151 cm³/mol. The molecule has 1 heteroatoms. The molecule has 0 aliphatic rings. The second-order valence-electron chi connectivity index (χ2n) is 8.87. The van der Waals surface area contributed by atoms with Crippen molar-refractivity contribution in [3.63, 3.8) is 0 Å². The van der Waals surface area contributed by atoms with Gasteiger partial charge in [0.15, 0.2) is 0 Å². The SMILES string of the molecule is c1ccc(-c2ccccc2-c2cccc(-c3cccc(-c4ccc(-c5ccccn5)cc4)c3)c2)cc1. The average Bonchev–Trinajstić information content (AvgIpc) is 2.98. The van der Waals surface area contributed by atoms with Gasteiger partial charge in [-0.1, -0.05) is 121 Å². The molecule has 0 saturated carbocycles. The Balaban J connectivity index is 1.34. The van der Waals surface area contributed by atoms with E-state index in [9.17, 15) is 0 Å². The smallest absolute Gasteiger partial charge is 0.0701 e. The van der Waals surface area contributed by atoms with Crippen LogP contribution >= 0.6 is 0 Å². The van der Waals surface area contributed by atoms with E-state index in [4.69, 9.17) is 0 Å². The molecular formula is C35H25N. The quantitative estimate of drug-likeness (QED) is 0.250. The molecule has 0 saturated heterocycles. The average molecular weight is 460 g/mol. The Morgan fingerprint density at radius 1 is 0.306 bits per heavy atom. The molecular weight excluding hydrogens is 434 g/mol. The van der Waals surface area contributed by atoms with Crippen LogP contribution in [0.4, 0.5) is 0 Å². The summed E-state index contributed by atoms with van der Waals surface area (Å²) in [5.41, 5.74) is 11.9. The fourth-order valence-corrected chi connectivity index (χ4v) is 4.72. The Kier molecular flexibility index (Phi) is 5.96. The van der Waals surface area contributed by atoms with Crippen LogP contribution in [0.15, 0.2) is 152 Å². The van der Waals surface area contributed by atoms with Crippen LogP contribution < -0.4 is 0 Å². The number of pyridine rings is 1. The lowest BCUT2D eigenvalue weighted by atomic mass is 9.92. The maximum atomic E-state index is 4.46. The molecule has 0 spiro atoms. The van der Waals surface area contributed by atoms with Gasteiger partial charge in [-0.25, -0.2) is 0 Å². The lowest BCUT2D eigenvalue weighted by Gasteiger charge is -2.12. The monoisotopic (exact) mass is 459 g/mol. The van der Waals surface area contributed by atoms with E-state index in [-0.39, 0.29) is 0 Å². The van der Waals surface area contributed by atoms with E-state index < -0.39 is 0 Å². The largest absolute Gasteiger partial charge is 0.256 e. The topological polar surface area (TPSA) is 12.9 Å². The van der Waals surface area contributed by atoms with Gasteiger partial charge in [0.1, 0.15) is 0 Å². The molecule has 0 N–H and O–H groups in total. The predicted octanol–water partition coefficient (Wildman–Crippen LogP) is 9.42. The molecule has 0 aliphatic carbocycles. The van der Waals surface area contributed by atoms with E-state index in [0.29, 0.717) is 0 Å². The first-order valence-corrected chi connectivity index (χ1v) is 12.2. The van der Waals surface area contributed by atoms with Gasteiger partial charge in [0.2, 0.25) is 0 Å². The number of nitrogens with zero attached hydrogens (tertiary/aromatic N) is 1. The summed E-state index contributed by atoms with van der Waals surface area (Å²) in [6.07, 6.45) is 1.83. The van der Waals surface area contributed by atoms with Crippen LogP contribution in [0.3, 0.4) is 0 Å². The summed E-state index contributed by atoms with van der Waals surface area (Å²) in [6, 6.07) is 51.5. The maximum Gasteiger partial charge on any atom is 0.0701 e. The summed E-state index contributed by atoms with van der Waals surface area (Å²) in [5.74, 6) is 0. The molecule has 0 fully saturated rings. The minimum absolute atomic E-state index is 0.991. The highest BCUT2D eigenvalue weighted by Crippen LogP contribution is 2.35. The third-order valence-electron chi connectivity index (χ3n) is 6.56. The van der Waals surface area contributed by atoms with Gasteiger partial charge in [-0.3, -0.25) is 4.98 Å². The minimum Gasteiger partial charge on any atom is -0.256 e. The standard InChI is InChI=1S/C35H25N/c1-2-10-27(11-3-1)33-16-4-5-17-34(33)32-15-9-14-31(25-32)30-13-8-12-29(24-30)26-19-21-28(22-20-26)35-18-6-7-23-36-35/h1-25H. The van der Waals surface area contributed by atoms with Crippen molar-refractivity contribution in [3.05, 3.63) is 152 Å². The molecule has 6 rings (SSSR count). The molecule has 0 unspecified atom stereocenters.